The first-order valence-corrected chi connectivity index (χ1v) is 35.5. The summed E-state index contributed by atoms with van der Waals surface area (Å²) in [6.45, 7) is 7.83. The number of ether oxygens (including phenoxy) is 3. The number of Topliss-reactive ketones (excluding diaryl/α,β-unsaturated/α-hetero) is 1. The minimum atomic E-state index is -1.04. The van der Waals surface area contributed by atoms with Crippen molar-refractivity contribution in [1.29, 1.82) is 0 Å². The van der Waals surface area contributed by atoms with Gasteiger partial charge >= 0.3 is 30.8 Å². The molecule has 23 nitrogen and oxygen atoms in total. The molecule has 1 fully saturated rings. The molecule has 111 heavy (non-hydrogen) atoms. The van der Waals surface area contributed by atoms with Gasteiger partial charge in [-0.15, -0.1) is 30.6 Å². The third-order valence-corrected chi connectivity index (χ3v) is 18.0. The van der Waals surface area contributed by atoms with Gasteiger partial charge in [0.25, 0.3) is 0 Å². The Kier molecular flexibility index (Phi) is 25.5. The number of nitrogens with zero attached hydrogens (tertiary/aromatic N) is 12. The molecule has 546 valence electrons. The fourth-order valence-corrected chi connectivity index (χ4v) is 12.9. The van der Waals surface area contributed by atoms with E-state index in [1.807, 2.05) is 184 Å². The maximum absolute atomic E-state index is 13.1. The van der Waals surface area contributed by atoms with Crippen molar-refractivity contribution in [3.63, 3.8) is 0 Å². The molecular formula is C87H74LiN15O8. The Morgan fingerprint density at radius 1 is 0.450 bits per heavy atom. The van der Waals surface area contributed by atoms with Crippen LogP contribution in [-0.2, 0) is 33.8 Å². The molecule has 6 aromatic carbocycles. The summed E-state index contributed by atoms with van der Waals surface area (Å²) in [5, 5.41) is 52.4. The second-order valence-electron chi connectivity index (χ2n) is 25.8. The number of fused-ring (bicyclic) bond motifs is 3. The van der Waals surface area contributed by atoms with E-state index in [2.05, 4.69) is 113 Å². The summed E-state index contributed by atoms with van der Waals surface area (Å²) in [5.41, 5.74) is 13.8. The molecule has 0 amide bonds. The molecule has 9 aromatic heterocycles. The van der Waals surface area contributed by atoms with E-state index in [0.29, 0.717) is 102 Å². The van der Waals surface area contributed by atoms with Crippen molar-refractivity contribution in [2.45, 2.75) is 65.1 Å². The smallest absolute Gasteiger partial charge is 0.870 e. The largest absolute Gasteiger partial charge is 1.00 e. The van der Waals surface area contributed by atoms with Gasteiger partial charge in [-0.05, 0) is 115 Å². The van der Waals surface area contributed by atoms with Gasteiger partial charge in [-0.1, -0.05) is 164 Å². The van der Waals surface area contributed by atoms with Crippen LogP contribution in [0, 0.1) is 0 Å². The van der Waals surface area contributed by atoms with Crippen LogP contribution in [0.15, 0.2) is 274 Å². The fraction of sp³-hybridized carbons (Fsp3) is 0.138. The molecule has 1 atom stereocenters. The van der Waals surface area contributed by atoms with Gasteiger partial charge in [0.1, 0.15) is 17.1 Å². The van der Waals surface area contributed by atoms with E-state index in [-0.39, 0.29) is 41.8 Å². The van der Waals surface area contributed by atoms with E-state index in [4.69, 9.17) is 14.2 Å². The number of pyridine rings is 6. The second kappa shape index (κ2) is 36.6. The number of carboxylic acids is 1. The van der Waals surface area contributed by atoms with Crippen molar-refractivity contribution < 1.29 is 58.0 Å². The number of carboxylic acid groups (broad SMARTS) is 1. The predicted molar refractivity (Wildman–Crippen MR) is 423 cm³/mol. The van der Waals surface area contributed by atoms with E-state index < -0.39 is 17.7 Å². The maximum Gasteiger partial charge on any atom is 1.00 e. The summed E-state index contributed by atoms with van der Waals surface area (Å²) in [6.07, 6.45) is 15.6. The number of anilines is 3. The number of ketones is 1. The van der Waals surface area contributed by atoms with Crippen LogP contribution in [-0.4, -0.2) is 114 Å². The number of nitrogens with one attached hydrogen (secondary N) is 3. The second-order valence-corrected chi connectivity index (χ2v) is 25.8. The summed E-state index contributed by atoms with van der Waals surface area (Å²) in [6, 6.07) is 71.1. The van der Waals surface area contributed by atoms with E-state index >= 15 is 0 Å². The van der Waals surface area contributed by atoms with Crippen molar-refractivity contribution in [3.05, 3.63) is 308 Å². The van der Waals surface area contributed by atoms with Crippen LogP contribution in [0.5, 0.6) is 0 Å². The molecule has 0 saturated carbocycles. The standard InChI is InChI=1S/C33H31N5O3.C28H23N5O2.C26H19N5O2.Li.H2O/c1-33(2)40-21-26(41-33)14-15-29(39)23-17-24(19-34-18-23)31-28-13-8-12-27(22-9-4-3-5-10-22)30(28)32(38-37-31)36-20-25-11-6-7-16-35-25;1-2-35-28(34)21-15-20(16-29-17-21)26-24-13-8-12-23(19-9-4-3-5-10-19)25(24)27(33-32-26)31-18-22-11-6-7-14-30-22;32-26(33)19-13-18(14-27-15-19)24-22-11-6-10-21(17-7-2-1-3-8-17)23(22)25(31-30-24)29-16-20-9-4-5-12-28-20;;/h3-13,16-19,26H,14-15,20-21H2,1-2H3,(H,36,38);3-17H,2,18H2,1H3,(H,31,33);1-15H,16H2,(H,29,31)(H,32,33);;1H2/q;;;+1;/p-1. The molecule has 0 aliphatic carbocycles. The number of aromatic nitrogens is 12. The van der Waals surface area contributed by atoms with Gasteiger partial charge < -0.3 is 40.7 Å². The third-order valence-electron chi connectivity index (χ3n) is 18.0. The Balaban J connectivity index is 0.000000154. The Morgan fingerprint density at radius 3 is 1.18 bits per heavy atom. The molecule has 1 aliphatic rings. The number of carbonyl (C=O) groups is 3. The SMILES string of the molecule is CC1(C)OCC(CCC(=O)c2cncc(-c3nnc(NCc4ccccn4)c4c(-c5ccccc5)cccc34)c2)O1.CCOC(=O)c1cncc(-c2nnc(NCc3ccccn3)c3c(-c4ccccc4)cccc23)c1.O=C(O)c1cncc(-c2nnc(NCc3ccccn3)c3c(-c4ccccc4)cccc23)c1.[Li+].[OH-]. The number of esters is 1. The van der Waals surface area contributed by atoms with Crippen molar-refractivity contribution in [2.24, 2.45) is 0 Å². The average Bonchev–Trinajstić information content (AvgIpc) is 0.824. The first-order valence-electron chi connectivity index (χ1n) is 35.5. The summed E-state index contributed by atoms with van der Waals surface area (Å²) in [4.78, 5) is 62.8. The Labute approximate surface area is 651 Å². The van der Waals surface area contributed by atoms with E-state index in [0.717, 1.165) is 88.3 Å². The normalized spacial score (nSPS) is 12.5. The van der Waals surface area contributed by atoms with E-state index in [1.165, 1.54) is 12.4 Å². The van der Waals surface area contributed by atoms with Gasteiger partial charge in [-0.2, -0.15) is 0 Å². The van der Waals surface area contributed by atoms with Gasteiger partial charge in [0.05, 0.1) is 67.2 Å². The van der Waals surface area contributed by atoms with Crippen molar-refractivity contribution in [2.75, 3.05) is 29.2 Å². The minimum absolute atomic E-state index is 0. The minimum Gasteiger partial charge on any atom is -0.870 e. The van der Waals surface area contributed by atoms with Crippen LogP contribution in [0.2, 0.25) is 0 Å². The number of rotatable bonds is 22. The average molecular weight is 1460 g/mol. The van der Waals surface area contributed by atoms with E-state index in [9.17, 15) is 19.5 Å². The number of benzene rings is 6. The molecule has 24 heteroatoms. The van der Waals surface area contributed by atoms with Gasteiger partial charge in [0.15, 0.2) is 29.0 Å². The maximum atomic E-state index is 13.1. The fourth-order valence-electron chi connectivity index (χ4n) is 12.9. The molecule has 1 unspecified atom stereocenters. The van der Waals surface area contributed by atoms with Crippen LogP contribution in [0.25, 0.3) is 99.5 Å². The van der Waals surface area contributed by atoms with Crippen LogP contribution in [0.3, 0.4) is 0 Å². The van der Waals surface area contributed by atoms with Gasteiger partial charge in [-0.25, -0.2) is 9.59 Å². The number of carbonyl (C=O) groups excluding carboxylic acids is 2. The van der Waals surface area contributed by atoms with Crippen LogP contribution >= 0.6 is 0 Å². The topological polar surface area (TPSA) is 320 Å². The molecule has 15 aromatic rings. The quantitative estimate of drug-likeness (QED) is 0.0278. The molecule has 1 aliphatic heterocycles. The summed E-state index contributed by atoms with van der Waals surface area (Å²) < 4.78 is 16.6. The van der Waals surface area contributed by atoms with Crippen LogP contribution in [0.4, 0.5) is 17.5 Å². The number of hydrogen-bond donors (Lipinski definition) is 4. The predicted octanol–water partition coefficient (Wildman–Crippen LogP) is 13.9. The molecular weight excluding hydrogens is 1390 g/mol. The molecule has 16 rings (SSSR count). The molecule has 0 radical (unpaired) electrons. The van der Waals surface area contributed by atoms with Crippen molar-refractivity contribution in [1.82, 2.24) is 60.5 Å². The van der Waals surface area contributed by atoms with Gasteiger partial charge in [-0.3, -0.25) is 34.7 Å². The van der Waals surface area contributed by atoms with E-state index in [1.54, 1.807) is 62.4 Å². The molecule has 1 saturated heterocycles. The summed E-state index contributed by atoms with van der Waals surface area (Å²) >= 11 is 0. The number of hydrogen-bond acceptors (Lipinski definition) is 22. The molecule has 5 N–H and O–H groups in total. The molecule has 0 spiro atoms. The zero-order valence-corrected chi connectivity index (χ0v) is 61.2. The zero-order valence-electron chi connectivity index (χ0n) is 61.2. The monoisotopic (exact) mass is 1460 g/mol. The molecule has 10 heterocycles. The Hall–Kier alpha value is -13.3. The molecule has 0 bridgehead atoms. The van der Waals surface area contributed by atoms with Crippen LogP contribution < -0.4 is 34.8 Å². The first kappa shape index (κ1) is 77.3. The van der Waals surface area contributed by atoms with Crippen molar-refractivity contribution in [3.8, 4) is 67.2 Å². The summed E-state index contributed by atoms with van der Waals surface area (Å²) in [7, 11) is 0. The first-order chi connectivity index (χ1) is 53.4. The summed E-state index contributed by atoms with van der Waals surface area (Å²) in [5.74, 6) is -0.117. The van der Waals surface area contributed by atoms with Crippen molar-refractivity contribution >= 4 is 67.5 Å². The van der Waals surface area contributed by atoms with Crippen LogP contribution in [0.1, 0.15) is 81.8 Å². The Morgan fingerprint density at radius 2 is 0.820 bits per heavy atom. The van der Waals surface area contributed by atoms with Gasteiger partial charge in [0, 0.05) is 117 Å². The third kappa shape index (κ3) is 18.7. The zero-order chi connectivity index (χ0) is 74.9. The Bertz CT molecular complexity index is 5710. The number of aromatic carboxylic acids is 1. The van der Waals surface area contributed by atoms with Gasteiger partial charge in [0.2, 0.25) is 0 Å².